The van der Waals surface area contributed by atoms with Gasteiger partial charge in [0, 0.05) is 29.5 Å². The summed E-state index contributed by atoms with van der Waals surface area (Å²) < 4.78 is 10.5. The maximum Gasteiger partial charge on any atom is 0.338 e. The second-order valence-corrected chi connectivity index (χ2v) is 15.8. The topological polar surface area (TPSA) is 94.5 Å². The molecule has 8 heteroatoms. The zero-order valence-corrected chi connectivity index (χ0v) is 34.0. The summed E-state index contributed by atoms with van der Waals surface area (Å²) in [6.45, 7) is 17.4. The minimum atomic E-state index is -0.495. The number of nitrogens with zero attached hydrogens (tertiary/aromatic N) is 4. The molecule has 6 rings (SSSR count). The first-order chi connectivity index (χ1) is 27.2. The highest BCUT2D eigenvalue weighted by molar-refractivity contribution is 5.93. The van der Waals surface area contributed by atoms with Crippen molar-refractivity contribution in [2.45, 2.75) is 66.2 Å². The maximum absolute atomic E-state index is 12.9. The van der Waals surface area contributed by atoms with E-state index in [4.69, 9.17) is 14.5 Å². The van der Waals surface area contributed by atoms with Crippen molar-refractivity contribution in [2.24, 2.45) is 0 Å². The molecule has 0 atom stereocenters. The van der Waals surface area contributed by atoms with E-state index in [1.165, 1.54) is 17.3 Å². The van der Waals surface area contributed by atoms with Gasteiger partial charge in [0.25, 0.3) is 0 Å². The van der Waals surface area contributed by atoms with E-state index in [0.717, 1.165) is 28.2 Å². The van der Waals surface area contributed by atoms with Gasteiger partial charge in [0.05, 0.1) is 47.1 Å². The lowest BCUT2D eigenvalue weighted by Gasteiger charge is -2.28. The molecule has 0 saturated heterocycles. The van der Waals surface area contributed by atoms with Crippen LogP contribution in [0.1, 0.15) is 98.4 Å². The smallest absolute Gasteiger partial charge is 0.338 e. The van der Waals surface area contributed by atoms with Crippen molar-refractivity contribution in [2.75, 3.05) is 18.1 Å². The molecule has 0 aliphatic heterocycles. The van der Waals surface area contributed by atoms with Crippen LogP contribution in [-0.2, 0) is 20.3 Å². The Bertz CT molecular complexity index is 2310. The highest BCUT2D eigenvalue weighted by Crippen LogP contribution is 2.37. The first kappa shape index (κ1) is 40.3. The number of hydrogen-bond donors (Lipinski definition) is 0. The van der Waals surface area contributed by atoms with Crippen LogP contribution in [0.25, 0.3) is 34.9 Å². The van der Waals surface area contributed by atoms with E-state index in [1.54, 1.807) is 44.3 Å². The average molecular weight is 759 g/mol. The summed E-state index contributed by atoms with van der Waals surface area (Å²) in [5, 5.41) is 0. The van der Waals surface area contributed by atoms with Crippen LogP contribution >= 0.6 is 0 Å². The number of pyridine rings is 3. The molecule has 0 amide bonds. The monoisotopic (exact) mass is 758 g/mol. The Morgan fingerprint density at radius 2 is 0.947 bits per heavy atom. The van der Waals surface area contributed by atoms with Crippen LogP contribution in [-0.4, -0.2) is 40.1 Å². The molecular formula is C49H50N4O4. The molecule has 3 aromatic carbocycles. The standard InChI is InChI=1S/C49H50N4O4/c1-9-56-46(54)35-26-28-51-43(30-35)45-32-36(47(55)57-10-2)31-44(52-45)42-29-34(25-27-50-42)12-11-33-13-19-39(20-14-33)53(40-21-15-37(16-22-40)48(3,4)5)41-23-17-38(18-24-41)49(6,7)8/h11-32H,9-10H2,1-8H3/b12-11+. The summed E-state index contributed by atoms with van der Waals surface area (Å²) in [5.74, 6) is -0.960. The van der Waals surface area contributed by atoms with Crippen LogP contribution in [0.15, 0.2) is 122 Å². The Hall–Kier alpha value is -6.41. The zero-order valence-electron chi connectivity index (χ0n) is 34.0. The molecule has 0 spiro atoms. The van der Waals surface area contributed by atoms with E-state index in [1.807, 2.05) is 18.2 Å². The molecule has 0 aliphatic rings. The number of benzene rings is 3. The molecule has 0 radical (unpaired) electrons. The van der Waals surface area contributed by atoms with Crippen LogP contribution < -0.4 is 4.90 Å². The van der Waals surface area contributed by atoms with Crippen LogP contribution in [0.5, 0.6) is 0 Å². The second-order valence-electron chi connectivity index (χ2n) is 15.8. The Labute approximate surface area is 336 Å². The van der Waals surface area contributed by atoms with Crippen LogP contribution in [0.4, 0.5) is 17.1 Å². The summed E-state index contributed by atoms with van der Waals surface area (Å²) in [4.78, 5) is 41.5. The van der Waals surface area contributed by atoms with Crippen molar-refractivity contribution in [3.63, 3.8) is 0 Å². The average Bonchev–Trinajstić information content (AvgIpc) is 3.20. The second kappa shape index (κ2) is 17.2. The third-order valence-corrected chi connectivity index (χ3v) is 9.52. The van der Waals surface area contributed by atoms with Gasteiger partial charge in [0.15, 0.2) is 0 Å². The first-order valence-corrected chi connectivity index (χ1v) is 19.3. The number of aromatic nitrogens is 3. The third kappa shape index (κ3) is 9.89. The molecule has 3 heterocycles. The van der Waals surface area contributed by atoms with Crippen molar-refractivity contribution in [1.29, 1.82) is 0 Å². The van der Waals surface area contributed by atoms with Crippen LogP contribution in [0.3, 0.4) is 0 Å². The zero-order chi connectivity index (χ0) is 40.7. The van der Waals surface area contributed by atoms with Gasteiger partial charge in [0.1, 0.15) is 0 Å². The number of carbonyl (C=O) groups is 2. The molecule has 0 aliphatic carbocycles. The minimum absolute atomic E-state index is 0.0596. The van der Waals surface area contributed by atoms with E-state index in [-0.39, 0.29) is 24.0 Å². The van der Waals surface area contributed by atoms with Crippen molar-refractivity contribution in [3.05, 3.63) is 155 Å². The van der Waals surface area contributed by atoms with Gasteiger partial charge < -0.3 is 14.4 Å². The highest BCUT2D eigenvalue weighted by atomic mass is 16.5. The van der Waals surface area contributed by atoms with Crippen LogP contribution in [0.2, 0.25) is 0 Å². The SMILES string of the molecule is CCOC(=O)c1ccnc(-c2cc(C(=O)OCC)cc(-c3cc(/C=C/c4ccc(N(c5ccc(C(C)(C)C)cc5)c5ccc(C(C)(C)C)cc5)cc4)ccn3)n2)c1. The lowest BCUT2D eigenvalue weighted by atomic mass is 9.86. The number of anilines is 3. The summed E-state index contributed by atoms with van der Waals surface area (Å²) in [5.41, 5.74) is 10.3. The largest absolute Gasteiger partial charge is 0.462 e. The van der Waals surface area contributed by atoms with Gasteiger partial charge in [-0.3, -0.25) is 9.97 Å². The molecule has 6 aromatic rings. The first-order valence-electron chi connectivity index (χ1n) is 19.3. The highest BCUT2D eigenvalue weighted by Gasteiger charge is 2.19. The Balaban J connectivity index is 1.29. The van der Waals surface area contributed by atoms with Crippen molar-refractivity contribution in [1.82, 2.24) is 15.0 Å². The van der Waals surface area contributed by atoms with Gasteiger partial charge in [-0.05, 0) is 120 Å². The number of hydrogen-bond acceptors (Lipinski definition) is 8. The van der Waals surface area contributed by atoms with Crippen molar-refractivity contribution >= 4 is 41.2 Å². The molecule has 3 aromatic heterocycles. The number of esters is 2. The molecule has 290 valence electrons. The van der Waals surface area contributed by atoms with E-state index in [2.05, 4.69) is 135 Å². The fraction of sp³-hybridized carbons (Fsp3) is 0.245. The van der Waals surface area contributed by atoms with Gasteiger partial charge in [-0.25, -0.2) is 14.6 Å². The molecule has 57 heavy (non-hydrogen) atoms. The van der Waals surface area contributed by atoms with E-state index >= 15 is 0 Å². The number of ether oxygens (including phenoxy) is 2. The lowest BCUT2D eigenvalue weighted by Crippen LogP contribution is -2.14. The van der Waals surface area contributed by atoms with E-state index in [0.29, 0.717) is 33.9 Å². The van der Waals surface area contributed by atoms with Gasteiger partial charge in [-0.15, -0.1) is 0 Å². The Morgan fingerprint density at radius 1 is 0.526 bits per heavy atom. The van der Waals surface area contributed by atoms with Gasteiger partial charge in [-0.2, -0.15) is 0 Å². The lowest BCUT2D eigenvalue weighted by molar-refractivity contribution is 0.0516. The third-order valence-electron chi connectivity index (χ3n) is 9.52. The number of carbonyl (C=O) groups excluding carboxylic acids is 2. The van der Waals surface area contributed by atoms with Gasteiger partial charge in [-0.1, -0.05) is 90.1 Å². The molecule has 8 nitrogen and oxygen atoms in total. The Kier molecular flexibility index (Phi) is 12.1. The predicted octanol–water partition coefficient (Wildman–Crippen LogP) is 11.8. The summed E-state index contributed by atoms with van der Waals surface area (Å²) in [6, 6.07) is 36.5. The van der Waals surface area contributed by atoms with E-state index in [9.17, 15) is 9.59 Å². The minimum Gasteiger partial charge on any atom is -0.462 e. The number of rotatable bonds is 11. The molecular weight excluding hydrogens is 709 g/mol. The fourth-order valence-electron chi connectivity index (χ4n) is 6.32. The molecule has 0 bridgehead atoms. The normalized spacial score (nSPS) is 11.7. The van der Waals surface area contributed by atoms with Gasteiger partial charge in [0.2, 0.25) is 0 Å². The van der Waals surface area contributed by atoms with Gasteiger partial charge >= 0.3 is 11.9 Å². The summed E-state index contributed by atoms with van der Waals surface area (Å²) in [6.07, 6.45) is 7.31. The predicted molar refractivity (Wildman–Crippen MR) is 230 cm³/mol. The molecule has 0 unspecified atom stereocenters. The maximum atomic E-state index is 12.9. The fourth-order valence-corrected chi connectivity index (χ4v) is 6.32. The summed E-state index contributed by atoms with van der Waals surface area (Å²) >= 11 is 0. The molecule has 0 N–H and O–H groups in total. The Morgan fingerprint density at radius 3 is 1.44 bits per heavy atom. The summed E-state index contributed by atoms with van der Waals surface area (Å²) in [7, 11) is 0. The van der Waals surface area contributed by atoms with Crippen molar-refractivity contribution < 1.29 is 19.1 Å². The molecule has 0 saturated carbocycles. The molecule has 0 fully saturated rings. The van der Waals surface area contributed by atoms with Crippen molar-refractivity contribution in [3.8, 4) is 22.8 Å². The van der Waals surface area contributed by atoms with E-state index < -0.39 is 11.9 Å². The van der Waals surface area contributed by atoms with Crippen LogP contribution in [0, 0.1) is 0 Å². The quantitative estimate of drug-likeness (QED) is 0.121.